The van der Waals surface area contributed by atoms with Crippen molar-refractivity contribution in [2.75, 3.05) is 6.61 Å². The Hall–Kier alpha value is -2.07. The zero-order valence-electron chi connectivity index (χ0n) is 11.2. The highest BCUT2D eigenvalue weighted by molar-refractivity contribution is 5.41. The summed E-state index contributed by atoms with van der Waals surface area (Å²) in [5.41, 5.74) is 6.76. The second-order valence-electron chi connectivity index (χ2n) is 4.20. The van der Waals surface area contributed by atoms with Crippen LogP contribution in [0.25, 0.3) is 0 Å². The average molecular weight is 258 g/mol. The molecule has 0 spiro atoms. The number of aromatic nitrogens is 1. The molecule has 1 atom stereocenters. The third kappa shape index (κ3) is 3.45. The summed E-state index contributed by atoms with van der Waals surface area (Å²) in [6.45, 7) is 4.45. The van der Waals surface area contributed by atoms with Gasteiger partial charge >= 0.3 is 0 Å². The van der Waals surface area contributed by atoms with E-state index in [2.05, 4.69) is 4.98 Å². The number of pyridine rings is 1. The summed E-state index contributed by atoms with van der Waals surface area (Å²) in [6, 6.07) is 11.2. The Kier molecular flexibility index (Phi) is 4.36. The molecule has 19 heavy (non-hydrogen) atoms. The fourth-order valence-electron chi connectivity index (χ4n) is 1.64. The normalized spacial score (nSPS) is 11.9. The van der Waals surface area contributed by atoms with Gasteiger partial charge in [-0.1, -0.05) is 18.2 Å². The number of hydrogen-bond acceptors (Lipinski definition) is 4. The fraction of sp³-hybridized carbons (Fsp3) is 0.267. The molecule has 0 amide bonds. The summed E-state index contributed by atoms with van der Waals surface area (Å²) in [5, 5.41) is 0. The molecule has 100 valence electrons. The Morgan fingerprint density at radius 3 is 2.47 bits per heavy atom. The molecule has 0 unspecified atom stereocenters. The van der Waals surface area contributed by atoms with Gasteiger partial charge in [0, 0.05) is 18.3 Å². The number of nitrogens with zero attached hydrogens (tertiary/aromatic N) is 1. The van der Waals surface area contributed by atoms with Gasteiger partial charge in [0.25, 0.3) is 0 Å². The Bertz CT molecular complexity index is 524. The number of benzene rings is 1. The van der Waals surface area contributed by atoms with Gasteiger partial charge in [0.05, 0.1) is 6.61 Å². The van der Waals surface area contributed by atoms with Gasteiger partial charge in [-0.2, -0.15) is 0 Å². The topological polar surface area (TPSA) is 57.4 Å². The minimum absolute atomic E-state index is 0.0303. The van der Waals surface area contributed by atoms with Crippen LogP contribution in [0.3, 0.4) is 0 Å². The maximum Gasteiger partial charge on any atom is 0.219 e. The summed E-state index contributed by atoms with van der Waals surface area (Å²) >= 11 is 0. The van der Waals surface area contributed by atoms with Crippen LogP contribution in [0.15, 0.2) is 42.6 Å². The summed E-state index contributed by atoms with van der Waals surface area (Å²) in [4.78, 5) is 4.24. The average Bonchev–Trinajstić information content (AvgIpc) is 2.42. The van der Waals surface area contributed by atoms with Crippen molar-refractivity contribution in [1.82, 2.24) is 4.98 Å². The van der Waals surface area contributed by atoms with Crippen LogP contribution in [0.5, 0.6) is 17.4 Å². The van der Waals surface area contributed by atoms with Crippen molar-refractivity contribution in [2.45, 2.75) is 19.9 Å². The zero-order chi connectivity index (χ0) is 13.7. The largest absolute Gasteiger partial charge is 0.490 e. The molecule has 2 aromatic rings. The highest BCUT2D eigenvalue weighted by Crippen LogP contribution is 2.30. The third-order valence-corrected chi connectivity index (χ3v) is 2.65. The molecular weight excluding hydrogens is 240 g/mol. The molecule has 4 heteroatoms. The van der Waals surface area contributed by atoms with Crippen molar-refractivity contribution in [3.05, 3.63) is 48.2 Å². The van der Waals surface area contributed by atoms with Crippen molar-refractivity contribution in [1.29, 1.82) is 0 Å². The van der Waals surface area contributed by atoms with Crippen LogP contribution in [0.4, 0.5) is 0 Å². The number of nitrogens with two attached hydrogens (primary N) is 1. The minimum Gasteiger partial charge on any atom is -0.490 e. The van der Waals surface area contributed by atoms with Crippen molar-refractivity contribution in [3.63, 3.8) is 0 Å². The summed E-state index contributed by atoms with van der Waals surface area (Å²) < 4.78 is 11.2. The number of hydrogen-bond donors (Lipinski definition) is 1. The lowest BCUT2D eigenvalue weighted by Crippen LogP contribution is -2.05. The molecule has 0 saturated heterocycles. The van der Waals surface area contributed by atoms with E-state index in [4.69, 9.17) is 15.2 Å². The van der Waals surface area contributed by atoms with Gasteiger partial charge < -0.3 is 15.2 Å². The monoisotopic (exact) mass is 258 g/mol. The van der Waals surface area contributed by atoms with E-state index in [1.807, 2.05) is 44.2 Å². The van der Waals surface area contributed by atoms with Gasteiger partial charge in [-0.15, -0.1) is 0 Å². The quantitative estimate of drug-likeness (QED) is 0.894. The molecule has 0 saturated carbocycles. The summed E-state index contributed by atoms with van der Waals surface area (Å²) in [5.74, 6) is 1.89. The Balaban J connectivity index is 2.16. The predicted octanol–water partition coefficient (Wildman–Crippen LogP) is 3.29. The maximum absolute atomic E-state index is 5.78. The number of ether oxygens (including phenoxy) is 2. The SMILES string of the molecule is CCOc1ccccc1Oc1ccc([C@@H](C)N)cn1. The minimum atomic E-state index is -0.0303. The second kappa shape index (κ2) is 6.20. The molecule has 2 rings (SSSR count). The Morgan fingerprint density at radius 2 is 1.89 bits per heavy atom. The van der Waals surface area contributed by atoms with Gasteiger partial charge in [0.1, 0.15) is 0 Å². The van der Waals surface area contributed by atoms with E-state index in [0.29, 0.717) is 24.0 Å². The van der Waals surface area contributed by atoms with Crippen molar-refractivity contribution in [3.8, 4) is 17.4 Å². The molecule has 1 heterocycles. The van der Waals surface area contributed by atoms with Crippen molar-refractivity contribution >= 4 is 0 Å². The van der Waals surface area contributed by atoms with Crippen LogP contribution >= 0.6 is 0 Å². The molecule has 0 aliphatic rings. The lowest BCUT2D eigenvalue weighted by atomic mass is 10.2. The standard InChI is InChI=1S/C15H18N2O2/c1-3-18-13-6-4-5-7-14(13)19-15-9-8-12(10-17-15)11(2)16/h4-11H,3,16H2,1-2H3/t11-/m1/s1. The fourth-order valence-corrected chi connectivity index (χ4v) is 1.64. The molecule has 0 fully saturated rings. The molecule has 0 bridgehead atoms. The molecule has 0 aliphatic heterocycles. The molecule has 1 aromatic carbocycles. The first kappa shape index (κ1) is 13.4. The highest BCUT2D eigenvalue weighted by atomic mass is 16.5. The van der Waals surface area contributed by atoms with Crippen molar-refractivity contribution in [2.24, 2.45) is 5.73 Å². The van der Waals surface area contributed by atoms with Gasteiger partial charge in [0.2, 0.25) is 5.88 Å². The summed E-state index contributed by atoms with van der Waals surface area (Å²) in [7, 11) is 0. The maximum atomic E-state index is 5.78. The number of para-hydroxylation sites is 2. The zero-order valence-corrected chi connectivity index (χ0v) is 11.2. The van der Waals surface area contributed by atoms with Gasteiger partial charge in [0.15, 0.2) is 11.5 Å². The van der Waals surface area contributed by atoms with Crippen LogP contribution in [-0.4, -0.2) is 11.6 Å². The first-order chi connectivity index (χ1) is 9.20. The predicted molar refractivity (Wildman–Crippen MR) is 74.5 cm³/mol. The van der Waals surface area contributed by atoms with Crippen LogP contribution in [0, 0.1) is 0 Å². The lowest BCUT2D eigenvalue weighted by molar-refractivity contribution is 0.319. The summed E-state index contributed by atoms with van der Waals surface area (Å²) in [6.07, 6.45) is 1.73. The molecule has 2 N–H and O–H groups in total. The van der Waals surface area contributed by atoms with E-state index in [1.54, 1.807) is 12.3 Å². The number of rotatable bonds is 5. The third-order valence-electron chi connectivity index (χ3n) is 2.65. The van der Waals surface area contributed by atoms with Crippen LogP contribution < -0.4 is 15.2 Å². The molecule has 1 aromatic heterocycles. The molecule has 0 radical (unpaired) electrons. The van der Waals surface area contributed by atoms with Crippen LogP contribution in [-0.2, 0) is 0 Å². The van der Waals surface area contributed by atoms with E-state index < -0.39 is 0 Å². The van der Waals surface area contributed by atoms with Crippen LogP contribution in [0.2, 0.25) is 0 Å². The smallest absolute Gasteiger partial charge is 0.219 e. The van der Waals surface area contributed by atoms with E-state index in [0.717, 1.165) is 5.56 Å². The molecular formula is C15H18N2O2. The van der Waals surface area contributed by atoms with E-state index in [1.165, 1.54) is 0 Å². The Morgan fingerprint density at radius 1 is 1.16 bits per heavy atom. The highest BCUT2D eigenvalue weighted by Gasteiger charge is 2.06. The lowest BCUT2D eigenvalue weighted by Gasteiger charge is -2.11. The second-order valence-corrected chi connectivity index (χ2v) is 4.20. The van der Waals surface area contributed by atoms with Gasteiger partial charge in [-0.05, 0) is 31.5 Å². The van der Waals surface area contributed by atoms with E-state index >= 15 is 0 Å². The van der Waals surface area contributed by atoms with Crippen LogP contribution in [0.1, 0.15) is 25.5 Å². The van der Waals surface area contributed by atoms with Gasteiger partial charge in [-0.3, -0.25) is 0 Å². The van der Waals surface area contributed by atoms with E-state index in [-0.39, 0.29) is 6.04 Å². The van der Waals surface area contributed by atoms with Crippen molar-refractivity contribution < 1.29 is 9.47 Å². The first-order valence-electron chi connectivity index (χ1n) is 6.32. The first-order valence-corrected chi connectivity index (χ1v) is 6.32. The molecule has 4 nitrogen and oxygen atoms in total. The molecule has 0 aliphatic carbocycles. The van der Waals surface area contributed by atoms with E-state index in [9.17, 15) is 0 Å². The Labute approximate surface area is 113 Å². The van der Waals surface area contributed by atoms with Gasteiger partial charge in [-0.25, -0.2) is 4.98 Å².